The molecule has 0 amide bonds. The van der Waals surface area contributed by atoms with E-state index in [4.69, 9.17) is 0 Å². The lowest BCUT2D eigenvalue weighted by atomic mass is 10.4. The molecule has 0 aromatic carbocycles. The number of aryl methyl sites for hydroxylation is 3. The molecule has 0 unspecified atom stereocenters. The second-order valence-corrected chi connectivity index (χ2v) is 5.03. The van der Waals surface area contributed by atoms with E-state index in [1.807, 2.05) is 30.0 Å². The molecule has 1 N–H and O–H groups in total. The third-order valence-corrected chi connectivity index (χ3v) is 3.35. The number of aromatic nitrogens is 2. The number of nitrogens with zero attached hydrogens (tertiary/aromatic N) is 2. The van der Waals surface area contributed by atoms with Crippen LogP contribution in [-0.4, -0.2) is 9.78 Å². The van der Waals surface area contributed by atoms with Crippen molar-refractivity contribution in [2.45, 2.75) is 20.4 Å². The summed E-state index contributed by atoms with van der Waals surface area (Å²) in [6, 6.07) is 6.36. The van der Waals surface area contributed by atoms with Gasteiger partial charge in [-0.25, -0.2) is 0 Å². The highest BCUT2D eigenvalue weighted by Gasteiger charge is 2.01. The zero-order valence-corrected chi connectivity index (χ0v) is 10.1. The maximum Gasteiger partial charge on any atom is 0.148 e. The van der Waals surface area contributed by atoms with E-state index in [1.54, 1.807) is 0 Å². The summed E-state index contributed by atoms with van der Waals surface area (Å²) in [6.45, 7) is 5.03. The van der Waals surface area contributed by atoms with Crippen molar-refractivity contribution < 1.29 is 0 Å². The molecule has 2 aromatic heterocycles. The number of anilines is 1. The standard InChI is InChI=1S/C11H15N3S/c1-8-6-11(13-14(8)3)12-7-10-5-4-9(2)15-10/h4-6H,7H2,1-3H3,(H,12,13). The number of nitrogens with one attached hydrogen (secondary N) is 1. The molecule has 3 nitrogen and oxygen atoms in total. The Morgan fingerprint density at radius 1 is 1.40 bits per heavy atom. The van der Waals surface area contributed by atoms with Crippen molar-refractivity contribution in [3.8, 4) is 0 Å². The molecule has 15 heavy (non-hydrogen) atoms. The van der Waals surface area contributed by atoms with Gasteiger partial charge in [-0.05, 0) is 26.0 Å². The van der Waals surface area contributed by atoms with Gasteiger partial charge < -0.3 is 5.32 Å². The molecule has 0 fully saturated rings. The normalized spacial score (nSPS) is 10.6. The van der Waals surface area contributed by atoms with Gasteiger partial charge in [0.2, 0.25) is 0 Å². The van der Waals surface area contributed by atoms with E-state index in [0.29, 0.717) is 0 Å². The van der Waals surface area contributed by atoms with Crippen LogP contribution in [0.3, 0.4) is 0 Å². The van der Waals surface area contributed by atoms with Crippen LogP contribution in [0.4, 0.5) is 5.82 Å². The second-order valence-electron chi connectivity index (χ2n) is 3.66. The Morgan fingerprint density at radius 3 is 2.73 bits per heavy atom. The van der Waals surface area contributed by atoms with Gasteiger partial charge in [0.15, 0.2) is 0 Å². The van der Waals surface area contributed by atoms with E-state index in [9.17, 15) is 0 Å². The van der Waals surface area contributed by atoms with E-state index in [-0.39, 0.29) is 0 Å². The number of rotatable bonds is 3. The largest absolute Gasteiger partial charge is 0.364 e. The first-order chi connectivity index (χ1) is 7.15. The van der Waals surface area contributed by atoms with Gasteiger partial charge in [-0.1, -0.05) is 0 Å². The summed E-state index contributed by atoms with van der Waals surface area (Å²) in [4.78, 5) is 2.69. The Bertz CT molecular complexity index is 437. The zero-order valence-electron chi connectivity index (χ0n) is 9.24. The monoisotopic (exact) mass is 221 g/mol. The van der Waals surface area contributed by atoms with Gasteiger partial charge in [0.05, 0.1) is 6.54 Å². The predicted molar refractivity (Wildman–Crippen MR) is 64.3 cm³/mol. The Morgan fingerprint density at radius 2 is 2.20 bits per heavy atom. The maximum atomic E-state index is 4.34. The molecule has 0 aliphatic heterocycles. The third-order valence-electron chi connectivity index (χ3n) is 2.35. The minimum Gasteiger partial charge on any atom is -0.364 e. The lowest BCUT2D eigenvalue weighted by Gasteiger charge is -1.98. The highest BCUT2D eigenvalue weighted by atomic mass is 32.1. The van der Waals surface area contributed by atoms with Crippen molar-refractivity contribution in [2.24, 2.45) is 7.05 Å². The van der Waals surface area contributed by atoms with Crippen LogP contribution in [-0.2, 0) is 13.6 Å². The van der Waals surface area contributed by atoms with Gasteiger partial charge in [0.1, 0.15) is 5.82 Å². The number of hydrogen-bond donors (Lipinski definition) is 1. The zero-order chi connectivity index (χ0) is 10.8. The van der Waals surface area contributed by atoms with Crippen molar-refractivity contribution in [3.05, 3.63) is 33.6 Å². The number of hydrogen-bond acceptors (Lipinski definition) is 3. The van der Waals surface area contributed by atoms with Gasteiger partial charge in [-0.2, -0.15) is 5.10 Å². The first-order valence-electron chi connectivity index (χ1n) is 4.95. The van der Waals surface area contributed by atoms with Crippen molar-refractivity contribution in [2.75, 3.05) is 5.32 Å². The SMILES string of the molecule is Cc1ccc(CNc2cc(C)n(C)n2)s1. The smallest absolute Gasteiger partial charge is 0.148 e. The van der Waals surface area contributed by atoms with Crippen LogP contribution < -0.4 is 5.32 Å². The second kappa shape index (κ2) is 4.06. The minimum atomic E-state index is 0.856. The molecule has 2 aromatic rings. The predicted octanol–water partition coefficient (Wildman–Crippen LogP) is 2.71. The highest BCUT2D eigenvalue weighted by molar-refractivity contribution is 7.11. The average molecular weight is 221 g/mol. The lowest BCUT2D eigenvalue weighted by Crippen LogP contribution is -1.99. The van der Waals surface area contributed by atoms with Gasteiger partial charge in [-0.3, -0.25) is 4.68 Å². The molecular weight excluding hydrogens is 206 g/mol. The van der Waals surface area contributed by atoms with Crippen LogP contribution in [0.2, 0.25) is 0 Å². The topological polar surface area (TPSA) is 29.9 Å². The lowest BCUT2D eigenvalue weighted by molar-refractivity contribution is 0.741. The molecule has 0 radical (unpaired) electrons. The first kappa shape index (κ1) is 10.2. The summed E-state index contributed by atoms with van der Waals surface area (Å²) in [5, 5.41) is 7.66. The van der Waals surface area contributed by atoms with Crippen LogP contribution in [0.15, 0.2) is 18.2 Å². The van der Waals surface area contributed by atoms with E-state index in [1.165, 1.54) is 15.4 Å². The molecule has 2 rings (SSSR count). The first-order valence-corrected chi connectivity index (χ1v) is 5.76. The van der Waals surface area contributed by atoms with E-state index in [2.05, 4.69) is 35.5 Å². The molecule has 0 spiro atoms. The molecule has 0 aliphatic carbocycles. The quantitative estimate of drug-likeness (QED) is 0.863. The average Bonchev–Trinajstić information content (AvgIpc) is 2.72. The molecule has 0 saturated carbocycles. The Hall–Kier alpha value is -1.29. The van der Waals surface area contributed by atoms with Crippen molar-refractivity contribution in [1.82, 2.24) is 9.78 Å². The fraction of sp³-hybridized carbons (Fsp3) is 0.364. The fourth-order valence-electron chi connectivity index (χ4n) is 1.40. The molecule has 0 aliphatic rings. The minimum absolute atomic E-state index is 0.856. The van der Waals surface area contributed by atoms with Gasteiger partial charge in [-0.15, -0.1) is 11.3 Å². The Kier molecular flexibility index (Phi) is 2.77. The molecule has 0 saturated heterocycles. The third kappa shape index (κ3) is 2.39. The van der Waals surface area contributed by atoms with Crippen molar-refractivity contribution >= 4 is 17.2 Å². The molecule has 0 atom stereocenters. The van der Waals surface area contributed by atoms with Crippen LogP contribution in [0.1, 0.15) is 15.4 Å². The Balaban J connectivity index is 1.99. The molecular formula is C11H15N3S. The molecule has 0 bridgehead atoms. The van der Waals surface area contributed by atoms with E-state index < -0.39 is 0 Å². The van der Waals surface area contributed by atoms with Crippen LogP contribution in [0.5, 0.6) is 0 Å². The fourth-order valence-corrected chi connectivity index (χ4v) is 2.23. The summed E-state index contributed by atoms with van der Waals surface area (Å²) in [6.07, 6.45) is 0. The van der Waals surface area contributed by atoms with E-state index >= 15 is 0 Å². The molecule has 2 heterocycles. The summed E-state index contributed by atoms with van der Waals surface area (Å²) < 4.78 is 1.88. The summed E-state index contributed by atoms with van der Waals surface area (Å²) in [5.74, 6) is 0.945. The maximum absolute atomic E-state index is 4.34. The van der Waals surface area contributed by atoms with Crippen LogP contribution in [0, 0.1) is 13.8 Å². The Labute approximate surface area is 93.7 Å². The highest BCUT2D eigenvalue weighted by Crippen LogP contribution is 2.16. The van der Waals surface area contributed by atoms with Gasteiger partial charge >= 0.3 is 0 Å². The van der Waals surface area contributed by atoms with Gasteiger partial charge in [0.25, 0.3) is 0 Å². The molecule has 80 valence electrons. The van der Waals surface area contributed by atoms with E-state index in [0.717, 1.165) is 12.4 Å². The summed E-state index contributed by atoms with van der Waals surface area (Å²) in [5.41, 5.74) is 1.17. The molecule has 4 heteroatoms. The number of thiophene rings is 1. The van der Waals surface area contributed by atoms with Crippen LogP contribution in [0.25, 0.3) is 0 Å². The van der Waals surface area contributed by atoms with Crippen molar-refractivity contribution in [1.29, 1.82) is 0 Å². The van der Waals surface area contributed by atoms with Crippen molar-refractivity contribution in [3.63, 3.8) is 0 Å². The summed E-state index contributed by atoms with van der Waals surface area (Å²) >= 11 is 1.82. The van der Waals surface area contributed by atoms with Gasteiger partial charge in [0, 0.05) is 28.6 Å². The van der Waals surface area contributed by atoms with Crippen LogP contribution >= 0.6 is 11.3 Å². The summed E-state index contributed by atoms with van der Waals surface area (Å²) in [7, 11) is 1.95.